The highest BCUT2D eigenvalue weighted by atomic mass is 35.5. The predicted octanol–water partition coefficient (Wildman–Crippen LogP) is 1.62. The zero-order chi connectivity index (χ0) is 14.8. The maximum atomic E-state index is 12.0. The van der Waals surface area contributed by atoms with Crippen LogP contribution in [0.25, 0.3) is 10.9 Å². The first-order chi connectivity index (χ1) is 10.1. The van der Waals surface area contributed by atoms with Gasteiger partial charge < -0.3 is 15.2 Å². The molecule has 0 amide bonds. The third-order valence-corrected chi connectivity index (χ3v) is 4.17. The van der Waals surface area contributed by atoms with Crippen LogP contribution >= 0.6 is 11.6 Å². The van der Waals surface area contributed by atoms with Crippen molar-refractivity contribution in [1.82, 2.24) is 20.2 Å². The van der Waals surface area contributed by atoms with E-state index in [1.54, 1.807) is 18.2 Å². The summed E-state index contributed by atoms with van der Waals surface area (Å²) in [6, 6.07) is 5.13. The van der Waals surface area contributed by atoms with Gasteiger partial charge in [0, 0.05) is 11.6 Å². The molecule has 112 valence electrons. The fraction of sp³-hybridized carbons (Fsp3) is 0.467. The first kappa shape index (κ1) is 14.5. The zero-order valence-electron chi connectivity index (χ0n) is 12.0. The minimum absolute atomic E-state index is 0.117. The van der Waals surface area contributed by atoms with Crippen molar-refractivity contribution < 1.29 is 0 Å². The third-order valence-electron chi connectivity index (χ3n) is 3.93. The molecule has 6 heteroatoms. The summed E-state index contributed by atoms with van der Waals surface area (Å²) in [7, 11) is 2.14. The highest BCUT2D eigenvalue weighted by Gasteiger charge is 2.18. The van der Waals surface area contributed by atoms with Crippen LogP contribution in [0.15, 0.2) is 23.0 Å². The molecule has 1 atom stereocenters. The molecule has 0 aliphatic carbocycles. The second kappa shape index (κ2) is 6.13. The monoisotopic (exact) mass is 306 g/mol. The van der Waals surface area contributed by atoms with Gasteiger partial charge in [0.2, 0.25) is 0 Å². The number of benzene rings is 1. The average molecular weight is 307 g/mol. The van der Waals surface area contributed by atoms with E-state index >= 15 is 0 Å². The number of likely N-dealkylation sites (tertiary alicyclic amines) is 1. The van der Waals surface area contributed by atoms with Crippen molar-refractivity contribution in [2.75, 3.05) is 26.7 Å². The molecule has 1 unspecified atom stereocenters. The Hall–Kier alpha value is -1.43. The van der Waals surface area contributed by atoms with E-state index in [9.17, 15) is 4.79 Å². The van der Waals surface area contributed by atoms with Gasteiger partial charge in [-0.2, -0.15) is 0 Å². The topological polar surface area (TPSA) is 61.0 Å². The van der Waals surface area contributed by atoms with Crippen LogP contribution in [0.4, 0.5) is 0 Å². The summed E-state index contributed by atoms with van der Waals surface area (Å²) in [5.41, 5.74) is 0.526. The Labute approximate surface area is 128 Å². The summed E-state index contributed by atoms with van der Waals surface area (Å²) in [5, 5.41) is 4.54. The van der Waals surface area contributed by atoms with E-state index in [1.807, 2.05) is 0 Å². The molecular weight excluding hydrogens is 288 g/mol. The quantitative estimate of drug-likeness (QED) is 0.901. The van der Waals surface area contributed by atoms with Crippen molar-refractivity contribution in [2.45, 2.75) is 13.0 Å². The lowest BCUT2D eigenvalue weighted by Gasteiger charge is -2.11. The van der Waals surface area contributed by atoms with Crippen LogP contribution < -0.4 is 10.9 Å². The van der Waals surface area contributed by atoms with E-state index < -0.39 is 0 Å². The minimum Gasteiger partial charge on any atom is -0.310 e. The first-order valence-electron chi connectivity index (χ1n) is 7.19. The van der Waals surface area contributed by atoms with Crippen molar-refractivity contribution in [1.29, 1.82) is 0 Å². The van der Waals surface area contributed by atoms with Gasteiger partial charge in [-0.25, -0.2) is 4.98 Å². The molecule has 2 N–H and O–H groups in total. The van der Waals surface area contributed by atoms with Crippen molar-refractivity contribution in [3.05, 3.63) is 39.4 Å². The van der Waals surface area contributed by atoms with Crippen LogP contribution in [0.3, 0.4) is 0 Å². The Balaban J connectivity index is 1.68. The lowest BCUT2D eigenvalue weighted by Crippen LogP contribution is -2.26. The number of H-pyrrole nitrogens is 1. The number of aromatic nitrogens is 2. The van der Waals surface area contributed by atoms with E-state index in [4.69, 9.17) is 11.6 Å². The van der Waals surface area contributed by atoms with Crippen LogP contribution in [0.2, 0.25) is 5.02 Å². The number of rotatable bonds is 4. The SMILES string of the molecule is CN1CCC(CNCc2nc3cc(Cl)ccc3c(=O)[nH]2)C1. The number of aromatic amines is 1. The van der Waals surface area contributed by atoms with Crippen LogP contribution in [0.1, 0.15) is 12.2 Å². The highest BCUT2D eigenvalue weighted by molar-refractivity contribution is 6.31. The van der Waals surface area contributed by atoms with Gasteiger partial charge in [-0.15, -0.1) is 0 Å². The fourth-order valence-corrected chi connectivity index (χ4v) is 3.00. The zero-order valence-corrected chi connectivity index (χ0v) is 12.8. The van der Waals surface area contributed by atoms with E-state index in [0.717, 1.165) is 19.6 Å². The molecule has 1 fully saturated rings. The molecule has 0 saturated carbocycles. The molecule has 0 bridgehead atoms. The second-order valence-corrected chi connectivity index (χ2v) is 6.16. The van der Waals surface area contributed by atoms with Gasteiger partial charge in [0.05, 0.1) is 17.4 Å². The number of nitrogens with zero attached hydrogens (tertiary/aromatic N) is 2. The minimum atomic E-state index is -0.117. The van der Waals surface area contributed by atoms with Crippen LogP contribution in [-0.2, 0) is 6.54 Å². The number of fused-ring (bicyclic) bond motifs is 1. The number of hydrogen-bond acceptors (Lipinski definition) is 4. The Kier molecular flexibility index (Phi) is 4.24. The fourth-order valence-electron chi connectivity index (χ4n) is 2.83. The number of hydrogen-bond donors (Lipinski definition) is 2. The Morgan fingerprint density at radius 2 is 2.38 bits per heavy atom. The standard InChI is InChI=1S/C15H19ClN4O/c1-20-5-4-10(9-20)7-17-8-14-18-13-6-11(16)2-3-12(13)15(21)19-14/h2-3,6,10,17H,4-5,7-9H2,1H3,(H,18,19,21). The van der Waals surface area contributed by atoms with Crippen molar-refractivity contribution in [3.8, 4) is 0 Å². The largest absolute Gasteiger partial charge is 0.310 e. The van der Waals surface area contributed by atoms with Crippen LogP contribution in [-0.4, -0.2) is 41.5 Å². The molecule has 0 spiro atoms. The van der Waals surface area contributed by atoms with Gasteiger partial charge in [-0.1, -0.05) is 11.6 Å². The van der Waals surface area contributed by atoms with Crippen molar-refractivity contribution >= 4 is 22.5 Å². The van der Waals surface area contributed by atoms with Gasteiger partial charge in [-0.3, -0.25) is 4.79 Å². The maximum absolute atomic E-state index is 12.0. The normalized spacial score (nSPS) is 19.4. The Morgan fingerprint density at radius 1 is 1.52 bits per heavy atom. The molecular formula is C15H19ClN4O. The van der Waals surface area contributed by atoms with E-state index in [-0.39, 0.29) is 5.56 Å². The maximum Gasteiger partial charge on any atom is 0.258 e. The van der Waals surface area contributed by atoms with Gasteiger partial charge in [-0.05, 0) is 50.7 Å². The Morgan fingerprint density at radius 3 is 3.14 bits per heavy atom. The molecule has 1 aliphatic rings. The average Bonchev–Trinajstić information content (AvgIpc) is 2.84. The van der Waals surface area contributed by atoms with Gasteiger partial charge in [0.15, 0.2) is 0 Å². The summed E-state index contributed by atoms with van der Waals surface area (Å²) >= 11 is 5.95. The van der Waals surface area contributed by atoms with E-state index in [1.165, 1.54) is 6.42 Å². The molecule has 1 aliphatic heterocycles. The molecule has 1 saturated heterocycles. The summed E-state index contributed by atoms with van der Waals surface area (Å²) in [6.45, 7) is 3.81. The summed E-state index contributed by atoms with van der Waals surface area (Å²) in [6.07, 6.45) is 1.22. The van der Waals surface area contributed by atoms with Gasteiger partial charge in [0.25, 0.3) is 5.56 Å². The number of nitrogens with one attached hydrogen (secondary N) is 2. The first-order valence-corrected chi connectivity index (χ1v) is 7.57. The van der Waals surface area contributed by atoms with Crippen molar-refractivity contribution in [3.63, 3.8) is 0 Å². The van der Waals surface area contributed by atoms with E-state index in [2.05, 4.69) is 27.2 Å². The molecule has 3 rings (SSSR count). The molecule has 1 aromatic carbocycles. The lowest BCUT2D eigenvalue weighted by molar-refractivity contribution is 0.387. The molecule has 2 heterocycles. The Bertz CT molecular complexity index is 700. The molecule has 0 radical (unpaired) electrons. The molecule has 2 aromatic rings. The predicted molar refractivity (Wildman–Crippen MR) is 84.7 cm³/mol. The van der Waals surface area contributed by atoms with Gasteiger partial charge in [0.1, 0.15) is 5.82 Å². The molecule has 21 heavy (non-hydrogen) atoms. The summed E-state index contributed by atoms with van der Waals surface area (Å²) in [4.78, 5) is 21.6. The lowest BCUT2D eigenvalue weighted by atomic mass is 10.1. The summed E-state index contributed by atoms with van der Waals surface area (Å²) in [5.74, 6) is 1.33. The van der Waals surface area contributed by atoms with Crippen LogP contribution in [0, 0.1) is 5.92 Å². The molecule has 1 aromatic heterocycles. The van der Waals surface area contributed by atoms with Crippen LogP contribution in [0.5, 0.6) is 0 Å². The smallest absolute Gasteiger partial charge is 0.258 e. The second-order valence-electron chi connectivity index (χ2n) is 5.72. The summed E-state index contributed by atoms with van der Waals surface area (Å²) < 4.78 is 0. The third kappa shape index (κ3) is 3.43. The van der Waals surface area contributed by atoms with E-state index in [0.29, 0.717) is 34.2 Å². The molecule has 5 nitrogen and oxygen atoms in total. The number of halogens is 1. The highest BCUT2D eigenvalue weighted by Crippen LogP contribution is 2.15. The van der Waals surface area contributed by atoms with Crippen molar-refractivity contribution in [2.24, 2.45) is 5.92 Å². The van der Waals surface area contributed by atoms with Gasteiger partial charge >= 0.3 is 0 Å².